The quantitative estimate of drug-likeness (QED) is 0.667. The van der Waals surface area contributed by atoms with Gasteiger partial charge in [-0.25, -0.2) is 4.79 Å². The van der Waals surface area contributed by atoms with Crippen LogP contribution in [-0.4, -0.2) is 16.9 Å². The number of aliphatic carboxylic acids is 1. The monoisotopic (exact) mass is 292 g/mol. The largest absolute Gasteiger partial charge is 0.478 e. The van der Waals surface area contributed by atoms with Crippen LogP contribution in [0.25, 0.3) is 11.1 Å². The molecule has 2 aromatic carbocycles. The van der Waals surface area contributed by atoms with Crippen LogP contribution in [0.1, 0.15) is 28.4 Å². The first-order chi connectivity index (χ1) is 10.5. The molecule has 0 aromatic heterocycles. The lowest BCUT2D eigenvalue weighted by molar-refractivity contribution is -0.131. The smallest absolute Gasteiger partial charge is 0.328 e. The molecule has 0 radical (unpaired) electrons. The second kappa shape index (κ2) is 6.68. The Kier molecular flexibility index (Phi) is 4.69. The average Bonchev–Trinajstić information content (AvgIpc) is 2.54. The van der Waals surface area contributed by atoms with Crippen LogP contribution < -0.4 is 0 Å². The minimum Gasteiger partial charge on any atom is -0.478 e. The maximum absolute atomic E-state index is 12.4. The molecule has 2 aromatic rings. The van der Waals surface area contributed by atoms with Crippen LogP contribution in [0.2, 0.25) is 0 Å². The third-order valence-electron chi connectivity index (χ3n) is 3.34. The summed E-state index contributed by atoms with van der Waals surface area (Å²) in [7, 11) is 0. The van der Waals surface area contributed by atoms with Gasteiger partial charge in [0, 0.05) is 17.2 Å². The predicted molar refractivity (Wildman–Crippen MR) is 87.5 cm³/mol. The number of benzene rings is 2. The fraction of sp³-hybridized carbons (Fsp3) is 0.0526. The summed E-state index contributed by atoms with van der Waals surface area (Å²) in [5, 5.41) is 8.74. The van der Waals surface area contributed by atoms with Crippen LogP contribution in [0.3, 0.4) is 0 Å². The number of hydrogen-bond donors (Lipinski definition) is 1. The highest BCUT2D eigenvalue weighted by molar-refractivity contribution is 6.28. The van der Waals surface area contributed by atoms with Crippen molar-refractivity contribution >= 4 is 22.9 Å². The number of carboxylic acid groups (broad SMARTS) is 1. The molecule has 2 rings (SSSR count). The van der Waals surface area contributed by atoms with E-state index >= 15 is 0 Å². The second-order valence-corrected chi connectivity index (χ2v) is 4.92. The summed E-state index contributed by atoms with van der Waals surface area (Å²) in [6, 6.07) is 16.1. The van der Waals surface area contributed by atoms with Gasteiger partial charge in [0.15, 0.2) is 5.78 Å². The number of hydrogen-bond acceptors (Lipinski definition) is 2. The summed E-state index contributed by atoms with van der Waals surface area (Å²) in [4.78, 5) is 23.1. The van der Waals surface area contributed by atoms with E-state index in [0.29, 0.717) is 16.7 Å². The van der Waals surface area contributed by atoms with Gasteiger partial charge in [0.1, 0.15) is 0 Å². The Morgan fingerprint density at radius 3 is 2.00 bits per heavy atom. The summed E-state index contributed by atoms with van der Waals surface area (Å²) in [5.74, 6) is -1.13. The van der Waals surface area contributed by atoms with Crippen molar-refractivity contribution in [2.75, 3.05) is 0 Å². The molecular formula is C19H16O3. The van der Waals surface area contributed by atoms with Crippen molar-refractivity contribution in [2.45, 2.75) is 6.92 Å². The Morgan fingerprint density at radius 2 is 1.45 bits per heavy atom. The van der Waals surface area contributed by atoms with Gasteiger partial charge >= 0.3 is 5.97 Å². The number of carboxylic acids is 1. The number of carbonyl (C=O) groups is 2. The van der Waals surface area contributed by atoms with Crippen LogP contribution in [0.4, 0.5) is 0 Å². The van der Waals surface area contributed by atoms with Gasteiger partial charge < -0.3 is 5.11 Å². The molecule has 1 N–H and O–H groups in total. The fourth-order valence-corrected chi connectivity index (χ4v) is 2.10. The summed E-state index contributed by atoms with van der Waals surface area (Å²) >= 11 is 0. The molecule has 0 atom stereocenters. The van der Waals surface area contributed by atoms with Crippen molar-refractivity contribution in [3.63, 3.8) is 0 Å². The molecule has 0 aliphatic rings. The van der Waals surface area contributed by atoms with Gasteiger partial charge in [0.25, 0.3) is 0 Å². The fourth-order valence-electron chi connectivity index (χ4n) is 2.10. The van der Waals surface area contributed by atoms with E-state index in [1.165, 1.54) is 0 Å². The van der Waals surface area contributed by atoms with Crippen molar-refractivity contribution in [3.05, 3.63) is 83.9 Å². The van der Waals surface area contributed by atoms with E-state index < -0.39 is 5.97 Å². The Hall–Kier alpha value is -2.94. The topological polar surface area (TPSA) is 54.4 Å². The van der Waals surface area contributed by atoms with Gasteiger partial charge in [-0.2, -0.15) is 0 Å². The number of allylic oxidation sites excluding steroid dienone is 2. The molecule has 0 saturated heterocycles. The standard InChI is InChI=1S/C19H16O3/c1-13(12-18(20)21)15-8-10-17(11-9-15)19(22)14(2)16-6-4-3-5-7-16/h3-12H,2H2,1H3,(H,20,21). The first-order valence-electron chi connectivity index (χ1n) is 6.79. The van der Waals surface area contributed by atoms with Crippen LogP contribution in [0.15, 0.2) is 67.3 Å². The Labute approximate surface area is 129 Å². The van der Waals surface area contributed by atoms with Crippen LogP contribution in [0, 0.1) is 0 Å². The van der Waals surface area contributed by atoms with Crippen molar-refractivity contribution in [3.8, 4) is 0 Å². The van der Waals surface area contributed by atoms with Gasteiger partial charge in [-0.05, 0) is 23.6 Å². The maximum atomic E-state index is 12.4. The van der Waals surface area contributed by atoms with E-state index in [9.17, 15) is 9.59 Å². The number of Topliss-reactive ketones (excluding diaryl/α,β-unsaturated/α-hetero) is 1. The van der Waals surface area contributed by atoms with E-state index in [0.717, 1.165) is 17.2 Å². The van der Waals surface area contributed by atoms with Gasteiger partial charge in [-0.15, -0.1) is 0 Å². The first kappa shape index (κ1) is 15.4. The minimum atomic E-state index is -0.991. The normalized spacial score (nSPS) is 11.0. The summed E-state index contributed by atoms with van der Waals surface area (Å²) < 4.78 is 0. The Bertz CT molecular complexity index is 738. The molecule has 0 unspecified atom stereocenters. The minimum absolute atomic E-state index is 0.141. The highest BCUT2D eigenvalue weighted by atomic mass is 16.4. The van der Waals surface area contributed by atoms with E-state index in [4.69, 9.17) is 5.11 Å². The van der Waals surface area contributed by atoms with Crippen LogP contribution >= 0.6 is 0 Å². The van der Waals surface area contributed by atoms with Crippen LogP contribution in [0.5, 0.6) is 0 Å². The summed E-state index contributed by atoms with van der Waals surface area (Å²) in [6.45, 7) is 5.58. The lowest BCUT2D eigenvalue weighted by Gasteiger charge is -2.06. The van der Waals surface area contributed by atoms with E-state index in [1.807, 2.05) is 30.3 Å². The van der Waals surface area contributed by atoms with Crippen molar-refractivity contribution in [1.82, 2.24) is 0 Å². The van der Waals surface area contributed by atoms with E-state index in [1.54, 1.807) is 31.2 Å². The summed E-state index contributed by atoms with van der Waals surface area (Å²) in [6.07, 6.45) is 1.14. The third-order valence-corrected chi connectivity index (χ3v) is 3.34. The van der Waals surface area contributed by atoms with Gasteiger partial charge in [-0.1, -0.05) is 61.2 Å². The molecule has 0 bridgehead atoms. The van der Waals surface area contributed by atoms with Crippen LogP contribution in [-0.2, 0) is 4.79 Å². The molecule has 3 nitrogen and oxygen atoms in total. The third kappa shape index (κ3) is 3.58. The second-order valence-electron chi connectivity index (χ2n) is 4.92. The predicted octanol–water partition coefficient (Wildman–Crippen LogP) is 4.07. The van der Waals surface area contributed by atoms with Gasteiger partial charge in [0.2, 0.25) is 0 Å². The number of rotatable bonds is 5. The Balaban J connectivity index is 2.22. The first-order valence-corrected chi connectivity index (χ1v) is 6.79. The van der Waals surface area contributed by atoms with Gasteiger partial charge in [0.05, 0.1) is 0 Å². The summed E-state index contributed by atoms with van der Waals surface area (Å²) in [5.41, 5.74) is 3.16. The lowest BCUT2D eigenvalue weighted by Crippen LogP contribution is -2.01. The van der Waals surface area contributed by atoms with E-state index in [2.05, 4.69) is 6.58 Å². The lowest BCUT2D eigenvalue weighted by atomic mass is 9.96. The zero-order chi connectivity index (χ0) is 16.1. The maximum Gasteiger partial charge on any atom is 0.328 e. The molecule has 0 spiro atoms. The van der Waals surface area contributed by atoms with E-state index in [-0.39, 0.29) is 5.78 Å². The molecule has 0 saturated carbocycles. The molecule has 0 aliphatic carbocycles. The molecule has 0 heterocycles. The zero-order valence-corrected chi connectivity index (χ0v) is 12.2. The highest BCUT2D eigenvalue weighted by Crippen LogP contribution is 2.20. The molecular weight excluding hydrogens is 276 g/mol. The van der Waals surface area contributed by atoms with Crippen molar-refractivity contribution in [1.29, 1.82) is 0 Å². The molecule has 22 heavy (non-hydrogen) atoms. The highest BCUT2D eigenvalue weighted by Gasteiger charge is 2.12. The van der Waals surface area contributed by atoms with Crippen molar-refractivity contribution < 1.29 is 14.7 Å². The number of ketones is 1. The zero-order valence-electron chi connectivity index (χ0n) is 12.2. The van der Waals surface area contributed by atoms with Crippen molar-refractivity contribution in [2.24, 2.45) is 0 Å². The Morgan fingerprint density at radius 1 is 0.909 bits per heavy atom. The molecule has 0 fully saturated rings. The molecule has 110 valence electrons. The van der Waals surface area contributed by atoms with Gasteiger partial charge in [-0.3, -0.25) is 4.79 Å². The number of carbonyl (C=O) groups excluding carboxylic acids is 1. The molecule has 0 amide bonds. The molecule has 3 heteroatoms. The SMILES string of the molecule is C=C(C(=O)c1ccc(C(C)=CC(=O)O)cc1)c1ccccc1. The molecule has 0 aliphatic heterocycles. The average molecular weight is 292 g/mol.